The van der Waals surface area contributed by atoms with E-state index in [1.54, 1.807) is 0 Å². The van der Waals surface area contributed by atoms with Crippen molar-refractivity contribution in [1.29, 1.82) is 0 Å². The molecule has 2 nitrogen and oxygen atoms in total. The monoisotopic (exact) mass is 221 g/mol. The molecule has 0 aromatic carbocycles. The van der Waals surface area contributed by atoms with Crippen LogP contribution in [0.3, 0.4) is 0 Å². The molecule has 1 N–H and O–H groups in total. The van der Waals surface area contributed by atoms with Crippen molar-refractivity contribution in [2.24, 2.45) is 23.2 Å². The van der Waals surface area contributed by atoms with E-state index in [0.717, 1.165) is 24.3 Å². The van der Waals surface area contributed by atoms with Gasteiger partial charge in [-0.1, -0.05) is 6.92 Å². The molecule has 4 aliphatic rings. The number of hydrogen-bond acceptors (Lipinski definition) is 2. The van der Waals surface area contributed by atoms with Gasteiger partial charge in [0, 0.05) is 5.41 Å². The summed E-state index contributed by atoms with van der Waals surface area (Å²) in [5.74, 6) is 3.18. The van der Waals surface area contributed by atoms with Crippen LogP contribution in [0.5, 0.6) is 0 Å². The molecule has 4 saturated carbocycles. The highest BCUT2D eigenvalue weighted by Crippen LogP contribution is 2.60. The lowest BCUT2D eigenvalue weighted by Crippen LogP contribution is -2.52. The van der Waals surface area contributed by atoms with Gasteiger partial charge in [0.1, 0.15) is 0 Å². The van der Waals surface area contributed by atoms with Gasteiger partial charge in [-0.25, -0.2) is 0 Å². The Morgan fingerprint density at radius 1 is 1.12 bits per heavy atom. The maximum atomic E-state index is 12.4. The third kappa shape index (κ3) is 1.62. The summed E-state index contributed by atoms with van der Waals surface area (Å²) in [6, 6.07) is 0. The van der Waals surface area contributed by atoms with E-state index in [-0.39, 0.29) is 5.41 Å². The van der Waals surface area contributed by atoms with Crippen LogP contribution in [-0.2, 0) is 4.79 Å². The first-order chi connectivity index (χ1) is 7.72. The molecule has 4 fully saturated rings. The Balaban J connectivity index is 1.75. The first-order valence-electron chi connectivity index (χ1n) is 6.96. The summed E-state index contributed by atoms with van der Waals surface area (Å²) in [5.41, 5.74) is 0.108. The number of carbonyl (C=O) groups is 1. The van der Waals surface area contributed by atoms with Crippen molar-refractivity contribution in [3.8, 4) is 0 Å². The number of ketones is 1. The summed E-state index contributed by atoms with van der Waals surface area (Å²) in [5, 5.41) is 3.22. The van der Waals surface area contributed by atoms with E-state index in [2.05, 4.69) is 12.2 Å². The van der Waals surface area contributed by atoms with Crippen LogP contribution in [0, 0.1) is 23.2 Å². The van der Waals surface area contributed by atoms with Gasteiger partial charge in [-0.3, -0.25) is 4.79 Å². The van der Waals surface area contributed by atoms with Crippen molar-refractivity contribution >= 4 is 5.78 Å². The number of carbonyl (C=O) groups excluding carboxylic acids is 1. The highest BCUT2D eigenvalue weighted by molar-refractivity contribution is 5.87. The lowest BCUT2D eigenvalue weighted by Gasteiger charge is -2.56. The molecule has 0 atom stereocenters. The fraction of sp³-hybridized carbons (Fsp3) is 0.929. The number of likely N-dealkylation sites (N-methyl/N-ethyl adjacent to an activating group) is 1. The lowest BCUT2D eigenvalue weighted by atomic mass is 9.48. The van der Waals surface area contributed by atoms with Crippen molar-refractivity contribution in [1.82, 2.24) is 5.32 Å². The van der Waals surface area contributed by atoms with Crippen LogP contribution in [0.4, 0.5) is 0 Å². The van der Waals surface area contributed by atoms with Crippen LogP contribution in [0.15, 0.2) is 0 Å². The summed E-state index contributed by atoms with van der Waals surface area (Å²) < 4.78 is 0. The first-order valence-corrected chi connectivity index (χ1v) is 6.96. The predicted octanol–water partition coefficient (Wildman–Crippen LogP) is 2.38. The number of rotatable bonds is 4. The third-order valence-electron chi connectivity index (χ3n) is 5.17. The maximum Gasteiger partial charge on any atom is 0.152 e. The van der Waals surface area contributed by atoms with Gasteiger partial charge in [0.2, 0.25) is 0 Å². The van der Waals surface area contributed by atoms with Gasteiger partial charge >= 0.3 is 0 Å². The van der Waals surface area contributed by atoms with Gasteiger partial charge in [0.15, 0.2) is 5.78 Å². The Morgan fingerprint density at radius 3 is 2.06 bits per heavy atom. The van der Waals surface area contributed by atoms with Crippen molar-refractivity contribution in [3.63, 3.8) is 0 Å². The van der Waals surface area contributed by atoms with Gasteiger partial charge in [-0.05, 0) is 62.8 Å². The van der Waals surface area contributed by atoms with Crippen LogP contribution in [-0.4, -0.2) is 18.9 Å². The molecule has 4 rings (SSSR count). The Morgan fingerprint density at radius 2 is 1.62 bits per heavy atom. The summed E-state index contributed by atoms with van der Waals surface area (Å²) >= 11 is 0. The average molecular weight is 221 g/mol. The second kappa shape index (κ2) is 3.83. The largest absolute Gasteiger partial charge is 0.310 e. The Bertz CT molecular complexity index is 262. The molecule has 0 aromatic heterocycles. The minimum atomic E-state index is 0.108. The highest BCUT2D eigenvalue weighted by Gasteiger charge is 2.53. The molecule has 0 spiro atoms. The average Bonchev–Trinajstić information content (AvgIpc) is 2.24. The predicted molar refractivity (Wildman–Crippen MR) is 64.2 cm³/mol. The van der Waals surface area contributed by atoms with Crippen molar-refractivity contribution < 1.29 is 4.79 Å². The molecule has 0 amide bonds. The van der Waals surface area contributed by atoms with Crippen molar-refractivity contribution in [2.45, 2.75) is 45.4 Å². The Labute approximate surface area is 98.2 Å². The highest BCUT2D eigenvalue weighted by atomic mass is 16.1. The number of Topliss-reactive ketones (excluding diaryl/α,β-unsaturated/α-hetero) is 1. The lowest BCUT2D eigenvalue weighted by molar-refractivity contribution is -0.142. The second-order valence-electron chi connectivity index (χ2n) is 6.40. The fourth-order valence-electron chi connectivity index (χ4n) is 4.88. The van der Waals surface area contributed by atoms with E-state index in [4.69, 9.17) is 0 Å². The smallest absolute Gasteiger partial charge is 0.152 e. The Hall–Kier alpha value is -0.370. The molecule has 0 radical (unpaired) electrons. The van der Waals surface area contributed by atoms with Crippen molar-refractivity contribution in [3.05, 3.63) is 0 Å². The van der Waals surface area contributed by atoms with Gasteiger partial charge in [-0.2, -0.15) is 0 Å². The van der Waals surface area contributed by atoms with Gasteiger partial charge < -0.3 is 5.32 Å². The normalized spacial score (nSPS) is 44.9. The third-order valence-corrected chi connectivity index (χ3v) is 5.17. The minimum Gasteiger partial charge on any atom is -0.310 e. The minimum absolute atomic E-state index is 0.108. The SMILES string of the molecule is CCNCC(=O)C12CC3CC(CC(C3)C1)C2. The summed E-state index contributed by atoms with van der Waals surface area (Å²) in [6.45, 7) is 3.60. The Kier molecular flexibility index (Phi) is 2.58. The summed E-state index contributed by atoms with van der Waals surface area (Å²) in [6.07, 6.45) is 7.91. The zero-order valence-corrected chi connectivity index (χ0v) is 10.3. The molecule has 4 bridgehead atoms. The van der Waals surface area contributed by atoms with E-state index >= 15 is 0 Å². The standard InChI is InChI=1S/C14H23NO/c1-2-15-9-13(16)14-6-10-3-11(7-14)5-12(4-10)8-14/h10-12,15H,2-9H2,1H3. The number of hydrogen-bond donors (Lipinski definition) is 1. The molecular formula is C14H23NO. The van der Waals surface area contributed by atoms with E-state index < -0.39 is 0 Å². The topological polar surface area (TPSA) is 29.1 Å². The summed E-state index contributed by atoms with van der Waals surface area (Å²) in [7, 11) is 0. The molecule has 2 heteroatoms. The molecule has 90 valence electrons. The quantitative estimate of drug-likeness (QED) is 0.789. The van der Waals surface area contributed by atoms with Gasteiger partial charge in [-0.15, -0.1) is 0 Å². The van der Waals surface area contributed by atoms with Crippen LogP contribution in [0.1, 0.15) is 45.4 Å². The first kappa shape index (κ1) is 10.8. The van der Waals surface area contributed by atoms with Crippen molar-refractivity contribution in [2.75, 3.05) is 13.1 Å². The fourth-order valence-corrected chi connectivity index (χ4v) is 4.88. The maximum absolute atomic E-state index is 12.4. The molecule has 16 heavy (non-hydrogen) atoms. The zero-order valence-electron chi connectivity index (χ0n) is 10.3. The van der Waals surface area contributed by atoms with E-state index in [0.29, 0.717) is 12.3 Å². The molecule has 0 aromatic rings. The van der Waals surface area contributed by atoms with Crippen LogP contribution >= 0.6 is 0 Å². The van der Waals surface area contributed by atoms with Crippen LogP contribution < -0.4 is 5.32 Å². The molecule has 0 saturated heterocycles. The van der Waals surface area contributed by atoms with E-state index in [9.17, 15) is 4.79 Å². The van der Waals surface area contributed by atoms with E-state index in [1.165, 1.54) is 38.5 Å². The molecule has 4 aliphatic carbocycles. The molecule has 0 unspecified atom stereocenters. The molecule has 0 aliphatic heterocycles. The zero-order chi connectivity index (χ0) is 11.2. The van der Waals surface area contributed by atoms with E-state index in [1.807, 2.05) is 0 Å². The van der Waals surface area contributed by atoms with Crippen LogP contribution in [0.25, 0.3) is 0 Å². The van der Waals surface area contributed by atoms with Gasteiger partial charge in [0.05, 0.1) is 6.54 Å². The molecular weight excluding hydrogens is 198 g/mol. The van der Waals surface area contributed by atoms with Gasteiger partial charge in [0.25, 0.3) is 0 Å². The molecule has 0 heterocycles. The van der Waals surface area contributed by atoms with Crippen LogP contribution in [0.2, 0.25) is 0 Å². The summed E-state index contributed by atoms with van der Waals surface area (Å²) in [4.78, 5) is 12.4. The second-order valence-corrected chi connectivity index (χ2v) is 6.40. The number of nitrogens with one attached hydrogen (secondary N) is 1.